The summed E-state index contributed by atoms with van der Waals surface area (Å²) in [5.41, 5.74) is 1.53. The Labute approximate surface area is 197 Å². The Kier molecular flexibility index (Phi) is 8.16. The first-order chi connectivity index (χ1) is 16.2. The number of benzene rings is 1. The first-order valence-electron chi connectivity index (χ1n) is 11.1. The number of hydrogen-bond acceptors (Lipinski definition) is 6. The van der Waals surface area contributed by atoms with Gasteiger partial charge in [-0.25, -0.2) is 4.98 Å². The molecule has 0 aliphatic carbocycles. The highest BCUT2D eigenvalue weighted by Crippen LogP contribution is 2.40. The van der Waals surface area contributed by atoms with Crippen LogP contribution in [0.15, 0.2) is 36.4 Å². The van der Waals surface area contributed by atoms with Crippen LogP contribution in [0.1, 0.15) is 36.6 Å². The van der Waals surface area contributed by atoms with Crippen molar-refractivity contribution in [2.45, 2.75) is 38.7 Å². The van der Waals surface area contributed by atoms with E-state index in [9.17, 15) is 18.4 Å². The van der Waals surface area contributed by atoms with Gasteiger partial charge in [-0.2, -0.15) is 8.78 Å². The van der Waals surface area contributed by atoms with Crippen LogP contribution in [0.25, 0.3) is 0 Å². The van der Waals surface area contributed by atoms with Crippen molar-refractivity contribution in [1.29, 1.82) is 0 Å². The molecule has 0 saturated carbocycles. The first-order valence-corrected chi connectivity index (χ1v) is 11.1. The number of hydrogen-bond donors (Lipinski definition) is 3. The largest absolute Gasteiger partial charge is 0.415 e. The molecule has 8 nitrogen and oxygen atoms in total. The molecule has 34 heavy (non-hydrogen) atoms. The smallest absolute Gasteiger partial charge is 0.388 e. The van der Waals surface area contributed by atoms with Gasteiger partial charge in [0.05, 0.1) is 5.41 Å². The van der Waals surface area contributed by atoms with Gasteiger partial charge in [-0.1, -0.05) is 38.1 Å². The number of likely N-dealkylation sites (tertiary alicyclic amines) is 1. The summed E-state index contributed by atoms with van der Waals surface area (Å²) < 4.78 is 30.4. The number of halogens is 2. The normalized spacial score (nSPS) is 15.2. The number of rotatable bonds is 10. The Bertz CT molecular complexity index is 1030. The van der Waals surface area contributed by atoms with E-state index in [1.165, 1.54) is 6.07 Å². The lowest BCUT2D eigenvalue weighted by Gasteiger charge is -2.50. The predicted molar refractivity (Wildman–Crippen MR) is 123 cm³/mol. The second kappa shape index (κ2) is 10.9. The van der Waals surface area contributed by atoms with Crippen LogP contribution in [0.3, 0.4) is 0 Å². The Morgan fingerprint density at radius 3 is 2.56 bits per heavy atom. The van der Waals surface area contributed by atoms with Crippen LogP contribution in [0.4, 0.5) is 14.5 Å². The fourth-order valence-electron chi connectivity index (χ4n) is 4.20. The number of nitrogens with one attached hydrogen (secondary N) is 2. The number of carbonyl (C=O) groups is 2. The average Bonchev–Trinajstić information content (AvgIpc) is 2.76. The van der Waals surface area contributed by atoms with Gasteiger partial charge in [0.1, 0.15) is 12.3 Å². The Morgan fingerprint density at radius 2 is 1.91 bits per heavy atom. The Morgan fingerprint density at radius 1 is 1.21 bits per heavy atom. The summed E-state index contributed by atoms with van der Waals surface area (Å²) in [6.45, 7) is 3.66. The lowest BCUT2D eigenvalue weighted by molar-refractivity contribution is -0.129. The second-order valence-electron chi connectivity index (χ2n) is 8.68. The Balaban J connectivity index is 1.88. The first kappa shape index (κ1) is 25.5. The van der Waals surface area contributed by atoms with E-state index >= 15 is 0 Å². The summed E-state index contributed by atoms with van der Waals surface area (Å²) >= 11 is 0. The van der Waals surface area contributed by atoms with Crippen molar-refractivity contribution < 1.29 is 28.2 Å². The molecule has 0 radical (unpaired) electrons. The Hall–Kier alpha value is -3.11. The summed E-state index contributed by atoms with van der Waals surface area (Å²) in [5.74, 6) is -0.981. The number of nitrogens with zero attached hydrogens (tertiary/aromatic N) is 2. The highest BCUT2D eigenvalue weighted by atomic mass is 19.3. The van der Waals surface area contributed by atoms with Crippen molar-refractivity contribution >= 4 is 17.5 Å². The molecule has 10 heteroatoms. The van der Waals surface area contributed by atoms with Gasteiger partial charge in [0.15, 0.2) is 0 Å². The zero-order valence-corrected chi connectivity index (χ0v) is 19.5. The van der Waals surface area contributed by atoms with Crippen LogP contribution in [-0.4, -0.2) is 66.2 Å². The van der Waals surface area contributed by atoms with E-state index in [-0.39, 0.29) is 23.4 Å². The predicted octanol–water partition coefficient (Wildman–Crippen LogP) is 2.42. The van der Waals surface area contributed by atoms with Crippen LogP contribution in [0.2, 0.25) is 0 Å². The third kappa shape index (κ3) is 5.68. The van der Waals surface area contributed by atoms with Crippen molar-refractivity contribution in [3.63, 3.8) is 0 Å². The summed E-state index contributed by atoms with van der Waals surface area (Å²) in [6.07, 6.45) is 0. The molecular weight excluding hydrogens is 446 g/mol. The maximum absolute atomic E-state index is 13.7. The quantitative estimate of drug-likeness (QED) is 0.487. The molecule has 1 aliphatic rings. The van der Waals surface area contributed by atoms with Crippen molar-refractivity contribution in [3.8, 4) is 5.88 Å². The number of anilines is 1. The summed E-state index contributed by atoms with van der Waals surface area (Å²) in [4.78, 5) is 31.0. The topological polar surface area (TPSA) is 104 Å². The minimum Gasteiger partial charge on any atom is -0.415 e. The standard InChI is InChI=1S/C24H30F2N4O4/c1-15(2)17-6-4-5-7-18(17)24(13-30(14-24)11-10-27-20(32)12-31)22(33)29-19-9-8-16(3)28-21(19)34-23(25)26/h4-9,15,23,31H,10-14H2,1-3H3,(H,27,32)(H,29,33). The average molecular weight is 477 g/mol. The van der Waals surface area contributed by atoms with E-state index in [2.05, 4.69) is 20.4 Å². The van der Waals surface area contributed by atoms with Gasteiger partial charge < -0.3 is 20.5 Å². The fraction of sp³-hybridized carbons (Fsp3) is 0.458. The molecule has 2 amide bonds. The van der Waals surface area contributed by atoms with E-state index in [1.54, 1.807) is 13.0 Å². The van der Waals surface area contributed by atoms with E-state index in [0.29, 0.717) is 31.9 Å². The zero-order chi connectivity index (χ0) is 24.9. The van der Waals surface area contributed by atoms with Gasteiger partial charge >= 0.3 is 6.61 Å². The van der Waals surface area contributed by atoms with Gasteiger partial charge in [-0.3, -0.25) is 14.5 Å². The van der Waals surface area contributed by atoms with Crippen molar-refractivity contribution in [2.24, 2.45) is 0 Å². The van der Waals surface area contributed by atoms with Crippen molar-refractivity contribution in [3.05, 3.63) is 53.2 Å². The number of carbonyl (C=O) groups excluding carboxylic acids is 2. The molecule has 0 unspecified atom stereocenters. The molecule has 0 spiro atoms. The van der Waals surface area contributed by atoms with E-state index in [1.807, 2.05) is 43.0 Å². The van der Waals surface area contributed by atoms with Crippen molar-refractivity contribution in [2.75, 3.05) is 38.1 Å². The van der Waals surface area contributed by atoms with Gasteiger partial charge in [-0.05, 0) is 36.1 Å². The van der Waals surface area contributed by atoms with Crippen LogP contribution in [-0.2, 0) is 15.0 Å². The SMILES string of the molecule is Cc1ccc(NC(=O)C2(c3ccccc3C(C)C)CN(CCNC(=O)CO)C2)c(OC(F)F)n1. The number of aliphatic hydroxyl groups excluding tert-OH is 1. The fourth-order valence-corrected chi connectivity index (χ4v) is 4.20. The number of ether oxygens (including phenoxy) is 1. The van der Waals surface area contributed by atoms with E-state index in [0.717, 1.165) is 11.1 Å². The molecule has 2 heterocycles. The molecule has 184 valence electrons. The minimum absolute atomic E-state index is 0.0750. The highest BCUT2D eigenvalue weighted by molar-refractivity contribution is 6.01. The number of aliphatic hydroxyl groups is 1. The number of aromatic nitrogens is 1. The van der Waals surface area contributed by atoms with Gasteiger partial charge in [0.2, 0.25) is 17.7 Å². The number of aryl methyl sites for hydroxylation is 1. The zero-order valence-electron chi connectivity index (χ0n) is 19.5. The molecule has 1 aromatic carbocycles. The van der Waals surface area contributed by atoms with E-state index in [4.69, 9.17) is 5.11 Å². The third-order valence-electron chi connectivity index (χ3n) is 5.86. The van der Waals surface area contributed by atoms with Crippen LogP contribution in [0, 0.1) is 6.92 Å². The minimum atomic E-state index is -3.08. The number of amides is 2. The van der Waals surface area contributed by atoms with Gasteiger partial charge in [-0.15, -0.1) is 0 Å². The molecule has 0 atom stereocenters. The molecule has 2 aromatic rings. The molecule has 1 aliphatic heterocycles. The number of alkyl halides is 2. The maximum atomic E-state index is 13.7. The summed E-state index contributed by atoms with van der Waals surface area (Å²) in [6, 6.07) is 10.8. The molecular formula is C24H30F2N4O4. The van der Waals surface area contributed by atoms with Gasteiger partial charge in [0, 0.05) is 31.9 Å². The summed E-state index contributed by atoms with van der Waals surface area (Å²) in [5, 5.41) is 14.2. The van der Waals surface area contributed by atoms with Crippen LogP contribution >= 0.6 is 0 Å². The van der Waals surface area contributed by atoms with Crippen LogP contribution in [0.5, 0.6) is 5.88 Å². The lowest BCUT2D eigenvalue weighted by Crippen LogP contribution is -2.66. The third-order valence-corrected chi connectivity index (χ3v) is 5.86. The van der Waals surface area contributed by atoms with Gasteiger partial charge in [0.25, 0.3) is 0 Å². The lowest BCUT2D eigenvalue weighted by atomic mass is 9.69. The molecule has 1 saturated heterocycles. The van der Waals surface area contributed by atoms with E-state index < -0.39 is 24.5 Å². The second-order valence-corrected chi connectivity index (χ2v) is 8.68. The summed E-state index contributed by atoms with van der Waals surface area (Å²) in [7, 11) is 0. The van der Waals surface area contributed by atoms with Crippen molar-refractivity contribution in [1.82, 2.24) is 15.2 Å². The molecule has 3 N–H and O–H groups in total. The molecule has 1 aromatic heterocycles. The maximum Gasteiger partial charge on any atom is 0.388 e. The highest BCUT2D eigenvalue weighted by Gasteiger charge is 2.51. The molecule has 0 bridgehead atoms. The molecule has 1 fully saturated rings. The molecule has 3 rings (SSSR count). The number of pyridine rings is 1. The monoisotopic (exact) mass is 476 g/mol. The van der Waals surface area contributed by atoms with Crippen LogP contribution < -0.4 is 15.4 Å².